The minimum atomic E-state index is 0.879. The maximum Gasteiger partial charge on any atom is 0.0979 e. The summed E-state index contributed by atoms with van der Waals surface area (Å²) in [5.74, 6) is 0. The van der Waals surface area contributed by atoms with Gasteiger partial charge < -0.3 is 0 Å². The van der Waals surface area contributed by atoms with Crippen molar-refractivity contribution in [3.8, 4) is 33.5 Å². The van der Waals surface area contributed by atoms with Crippen molar-refractivity contribution in [2.75, 3.05) is 0 Å². The first-order chi connectivity index (χ1) is 25.6. The number of thiophene rings is 2. The van der Waals surface area contributed by atoms with E-state index in [1.165, 1.54) is 84.5 Å². The molecular formula is C48H30N2S2. The van der Waals surface area contributed by atoms with E-state index in [9.17, 15) is 0 Å². The van der Waals surface area contributed by atoms with Crippen LogP contribution in [0.1, 0.15) is 11.1 Å². The van der Waals surface area contributed by atoms with Crippen molar-refractivity contribution in [2.24, 2.45) is 0 Å². The lowest BCUT2D eigenvalue weighted by Gasteiger charge is -2.18. The van der Waals surface area contributed by atoms with Gasteiger partial charge in [0.2, 0.25) is 0 Å². The number of rotatable bonds is 3. The maximum atomic E-state index is 5.66. The smallest absolute Gasteiger partial charge is 0.0979 e. The predicted molar refractivity (Wildman–Crippen MR) is 226 cm³/mol. The van der Waals surface area contributed by atoms with Crippen molar-refractivity contribution in [3.05, 3.63) is 157 Å². The van der Waals surface area contributed by atoms with E-state index in [-0.39, 0.29) is 0 Å². The molecule has 0 saturated heterocycles. The van der Waals surface area contributed by atoms with E-state index in [0.29, 0.717) is 0 Å². The highest BCUT2D eigenvalue weighted by Gasteiger charge is 2.22. The summed E-state index contributed by atoms with van der Waals surface area (Å²) < 4.78 is 5.18. The number of benzene rings is 8. The fourth-order valence-corrected chi connectivity index (χ4v) is 10.7. The van der Waals surface area contributed by atoms with Gasteiger partial charge in [0.05, 0.1) is 22.9 Å². The highest BCUT2D eigenvalue weighted by molar-refractivity contribution is 7.26. The molecule has 244 valence electrons. The molecule has 4 heteroatoms. The van der Waals surface area contributed by atoms with E-state index in [2.05, 4.69) is 153 Å². The second kappa shape index (κ2) is 11.3. The Hall–Kier alpha value is -5.94. The van der Waals surface area contributed by atoms with E-state index in [1.54, 1.807) is 0 Å². The summed E-state index contributed by atoms with van der Waals surface area (Å²) in [7, 11) is 0. The third kappa shape index (κ3) is 4.35. The van der Waals surface area contributed by atoms with Crippen molar-refractivity contribution in [2.45, 2.75) is 13.8 Å². The molecule has 3 aromatic heterocycles. The van der Waals surface area contributed by atoms with Gasteiger partial charge in [0.15, 0.2) is 0 Å². The summed E-state index contributed by atoms with van der Waals surface area (Å²) in [4.78, 5) is 11.0. The number of fused-ring (bicyclic) bond motifs is 12. The third-order valence-electron chi connectivity index (χ3n) is 10.6. The average Bonchev–Trinajstić information content (AvgIpc) is 3.76. The molecule has 11 rings (SSSR count). The van der Waals surface area contributed by atoms with Crippen LogP contribution in [0.25, 0.3) is 106 Å². The first-order valence-electron chi connectivity index (χ1n) is 17.6. The second-order valence-corrected chi connectivity index (χ2v) is 15.9. The molecule has 0 fully saturated rings. The average molecular weight is 699 g/mol. The molecule has 0 radical (unpaired) electrons. The van der Waals surface area contributed by atoms with Gasteiger partial charge in [-0.2, -0.15) is 0 Å². The minimum Gasteiger partial charge on any atom is -0.252 e. The van der Waals surface area contributed by atoms with Crippen LogP contribution in [0.4, 0.5) is 0 Å². The van der Waals surface area contributed by atoms with Crippen LogP contribution in [0.2, 0.25) is 0 Å². The van der Waals surface area contributed by atoms with E-state index in [1.807, 2.05) is 28.9 Å². The standard InChI is InChI=1S/C48H30N2S2/c1-27-20-22-29-30-23-21-28(2)25-40(30)46-45(39(29)24-27)49-26-41(50-46)44-33(37-16-8-14-35-31-10-3-5-18-42(31)51-47(35)37)12-7-13-34(44)38-17-9-15-36-32-11-4-6-19-43(32)52-48(36)38/h3-26H,1-2H3. The monoisotopic (exact) mass is 698 g/mol. The van der Waals surface area contributed by atoms with Gasteiger partial charge in [0.25, 0.3) is 0 Å². The fourth-order valence-electron chi connectivity index (χ4n) is 8.27. The van der Waals surface area contributed by atoms with Crippen molar-refractivity contribution < 1.29 is 0 Å². The van der Waals surface area contributed by atoms with E-state index >= 15 is 0 Å². The third-order valence-corrected chi connectivity index (χ3v) is 13.1. The van der Waals surface area contributed by atoms with Gasteiger partial charge in [-0.05, 0) is 60.0 Å². The van der Waals surface area contributed by atoms with E-state index in [0.717, 1.165) is 33.1 Å². The number of hydrogen-bond donors (Lipinski definition) is 0. The summed E-state index contributed by atoms with van der Waals surface area (Å²) >= 11 is 3.74. The van der Waals surface area contributed by atoms with Crippen LogP contribution in [-0.4, -0.2) is 9.97 Å². The Morgan fingerprint density at radius 3 is 1.46 bits per heavy atom. The van der Waals surface area contributed by atoms with Crippen LogP contribution in [-0.2, 0) is 0 Å². The molecule has 2 nitrogen and oxygen atoms in total. The molecule has 8 aromatic carbocycles. The lowest BCUT2D eigenvalue weighted by molar-refractivity contribution is 1.31. The molecule has 0 N–H and O–H groups in total. The van der Waals surface area contributed by atoms with E-state index < -0.39 is 0 Å². The molecule has 0 atom stereocenters. The van der Waals surface area contributed by atoms with Gasteiger partial charge in [-0.3, -0.25) is 4.98 Å². The SMILES string of the molecule is Cc1ccc2c3ccc(C)cc3c3nc(-c4c(-c5cccc6c5sc5ccccc56)cccc4-c4cccc5c4sc4ccccc45)cnc3c2c1. The topological polar surface area (TPSA) is 25.8 Å². The molecule has 0 aliphatic heterocycles. The van der Waals surface area contributed by atoms with Crippen molar-refractivity contribution in [1.82, 2.24) is 9.97 Å². The normalized spacial score (nSPS) is 12.0. The zero-order valence-electron chi connectivity index (χ0n) is 28.6. The molecule has 0 amide bonds. The van der Waals surface area contributed by atoms with Gasteiger partial charge in [-0.15, -0.1) is 22.7 Å². The largest absolute Gasteiger partial charge is 0.252 e. The minimum absolute atomic E-state index is 0.879. The molecular weight excluding hydrogens is 669 g/mol. The Balaban J connectivity index is 1.28. The Kier molecular flexibility index (Phi) is 6.46. The van der Waals surface area contributed by atoms with E-state index in [4.69, 9.17) is 9.97 Å². The predicted octanol–water partition coefficient (Wildman–Crippen LogP) is 14.3. The van der Waals surface area contributed by atoms with Crippen LogP contribution >= 0.6 is 22.7 Å². The molecule has 3 heterocycles. The summed E-state index contributed by atoms with van der Waals surface area (Å²) in [6.45, 7) is 4.31. The molecule has 11 aromatic rings. The Morgan fingerprint density at radius 2 is 0.885 bits per heavy atom. The van der Waals surface area contributed by atoms with Crippen LogP contribution in [0.3, 0.4) is 0 Å². The zero-order valence-corrected chi connectivity index (χ0v) is 30.2. The van der Waals surface area contributed by atoms with Gasteiger partial charge in [-0.25, -0.2) is 4.98 Å². The van der Waals surface area contributed by atoms with Gasteiger partial charge >= 0.3 is 0 Å². The van der Waals surface area contributed by atoms with Crippen molar-refractivity contribution >= 4 is 95.6 Å². The molecule has 52 heavy (non-hydrogen) atoms. The van der Waals surface area contributed by atoms with Gasteiger partial charge in [-0.1, -0.05) is 126 Å². The Bertz CT molecular complexity index is 3140. The molecule has 0 saturated carbocycles. The zero-order chi connectivity index (χ0) is 34.5. The Labute approximate surface area is 308 Å². The van der Waals surface area contributed by atoms with Crippen molar-refractivity contribution in [3.63, 3.8) is 0 Å². The van der Waals surface area contributed by atoms with Crippen molar-refractivity contribution in [1.29, 1.82) is 0 Å². The van der Waals surface area contributed by atoms with Crippen LogP contribution in [0.5, 0.6) is 0 Å². The molecule has 0 unspecified atom stereocenters. The van der Waals surface area contributed by atoms with Gasteiger partial charge in [0.1, 0.15) is 0 Å². The maximum absolute atomic E-state index is 5.66. The first kappa shape index (κ1) is 29.8. The summed E-state index contributed by atoms with van der Waals surface area (Å²) in [5, 5.41) is 9.87. The first-order valence-corrected chi connectivity index (χ1v) is 19.3. The van der Waals surface area contributed by atoms with Crippen LogP contribution in [0, 0.1) is 13.8 Å². The number of aromatic nitrogens is 2. The molecule has 0 spiro atoms. The highest BCUT2D eigenvalue weighted by Crippen LogP contribution is 2.48. The quantitative estimate of drug-likeness (QED) is 0.172. The molecule has 0 aliphatic carbocycles. The lowest BCUT2D eigenvalue weighted by atomic mass is 9.89. The fraction of sp³-hybridized carbons (Fsp3) is 0.0417. The molecule has 0 aliphatic rings. The highest BCUT2D eigenvalue weighted by atomic mass is 32.1. The summed E-state index contributed by atoms with van der Waals surface area (Å²) in [5.41, 5.74) is 11.1. The Morgan fingerprint density at radius 1 is 0.404 bits per heavy atom. The summed E-state index contributed by atoms with van der Waals surface area (Å²) in [6.07, 6.45) is 2.02. The molecule has 0 bridgehead atoms. The lowest BCUT2D eigenvalue weighted by Crippen LogP contribution is -1.97. The summed E-state index contributed by atoms with van der Waals surface area (Å²) in [6, 6.07) is 51.2. The number of hydrogen-bond acceptors (Lipinski definition) is 4. The second-order valence-electron chi connectivity index (χ2n) is 13.8. The number of aryl methyl sites for hydroxylation is 2. The number of nitrogens with zero attached hydrogens (tertiary/aromatic N) is 2. The van der Waals surface area contributed by atoms with Gasteiger partial charge in [0, 0.05) is 67.8 Å². The van der Waals surface area contributed by atoms with Crippen LogP contribution in [0.15, 0.2) is 146 Å². The van der Waals surface area contributed by atoms with Crippen LogP contribution < -0.4 is 0 Å².